The lowest BCUT2D eigenvalue weighted by molar-refractivity contribution is -0.148. The second-order valence-corrected chi connectivity index (χ2v) is 40.2. The Kier molecular flexibility index (Phi) is 61.9. The van der Waals surface area contributed by atoms with Gasteiger partial charge in [-0.1, -0.05) is 79.7 Å². The Hall–Kier alpha value is -8.74. The molecule has 62 nitrogen and oxygen atoms in total. The number of aromatic nitrogens is 5. The number of fused-ring (bicyclic) bond motifs is 1. The molecular weight excluding hydrogens is 2060 g/mol. The lowest BCUT2D eigenvalue weighted by Crippen LogP contribution is -2.52. The van der Waals surface area contributed by atoms with Crippen LogP contribution in [0.3, 0.4) is 0 Å². The number of unbranched alkanes of at least 4 members (excludes halogenated alkanes) is 4. The minimum absolute atomic E-state index is 0. The number of phosphoric ester groups is 1. The second kappa shape index (κ2) is 66.1. The molecule has 0 saturated carbocycles. The van der Waals surface area contributed by atoms with Gasteiger partial charge >= 0.3 is 82.2 Å². The highest BCUT2D eigenvalue weighted by molar-refractivity contribution is 8.77. The van der Waals surface area contributed by atoms with Crippen LogP contribution in [0.4, 0.5) is 11.6 Å². The zero-order chi connectivity index (χ0) is 100. The van der Waals surface area contributed by atoms with Crippen LogP contribution in [0, 0.1) is 23.7 Å². The van der Waals surface area contributed by atoms with Crippen LogP contribution in [0.1, 0.15) is 126 Å². The molecule has 3 aromatic heterocycles. The number of nitrogens with one attached hydrogen (secondary N) is 8. The first-order chi connectivity index (χ1) is 62.9. The van der Waals surface area contributed by atoms with Crippen molar-refractivity contribution in [3.63, 3.8) is 0 Å². The zero-order valence-corrected chi connectivity index (χ0v) is 80.5. The van der Waals surface area contributed by atoms with E-state index in [2.05, 4.69) is 88.0 Å². The summed E-state index contributed by atoms with van der Waals surface area (Å²) in [5.74, 6) is -2.34. The zero-order valence-electron chi connectivity index (χ0n) is 71.8. The molecule has 0 bridgehead atoms. The number of rotatable bonds is 60. The maximum Gasteiger partial charge on any atom is 0.490 e. The fourth-order valence-electron chi connectivity index (χ4n) is 11.0. The van der Waals surface area contributed by atoms with E-state index >= 15 is 0 Å². The highest BCUT2D eigenvalue weighted by atomic mass is 33.1. The van der Waals surface area contributed by atoms with Crippen molar-refractivity contribution in [2.75, 3.05) is 73.9 Å². The molecule has 2 aliphatic rings. The molecule has 3 aromatic rings. The molecule has 0 aliphatic carbocycles. The Morgan fingerprint density at radius 1 is 0.536 bits per heavy atom. The first-order valence-electron chi connectivity index (χ1n) is 38.9. The first kappa shape index (κ1) is 129. The molecule has 0 radical (unpaired) electrons. The van der Waals surface area contributed by atoms with Crippen LogP contribution in [-0.4, -0.2) is 327 Å². The number of anilines is 2. The summed E-state index contributed by atoms with van der Waals surface area (Å²) in [6, 6.07) is -8.70. The number of ether oxygens (including phenoxy) is 2. The summed E-state index contributed by atoms with van der Waals surface area (Å²) in [6.07, 6.45) is -4.11. The van der Waals surface area contributed by atoms with Crippen LogP contribution in [0.15, 0.2) is 23.5 Å². The van der Waals surface area contributed by atoms with Crippen molar-refractivity contribution in [2.45, 2.75) is 176 Å². The largest absolute Gasteiger partial charge is 0.490 e. The predicted octanol–water partition coefficient (Wildman–Crippen LogP) is -7.34. The number of aliphatic hydroxyl groups excluding tert-OH is 2. The van der Waals surface area contributed by atoms with E-state index in [9.17, 15) is 111 Å². The van der Waals surface area contributed by atoms with Crippen molar-refractivity contribution in [3.8, 4) is 23.7 Å². The van der Waals surface area contributed by atoms with Gasteiger partial charge in [0.2, 0.25) is 47.3 Å². The van der Waals surface area contributed by atoms with E-state index in [0.29, 0.717) is 54.6 Å². The summed E-state index contributed by atoms with van der Waals surface area (Å²) in [4.78, 5) is 253. The average molecular weight is 2170 g/mol. The quantitative estimate of drug-likeness (QED) is 0.0108. The van der Waals surface area contributed by atoms with E-state index in [1.807, 2.05) is 10.6 Å². The van der Waals surface area contributed by atoms with E-state index in [0.717, 1.165) is 10.9 Å². The molecule has 780 valence electrons. The average Bonchev–Trinajstić information content (AvgIpc) is 1.61. The van der Waals surface area contributed by atoms with Crippen LogP contribution in [-0.2, 0) is 117 Å². The van der Waals surface area contributed by atoms with Crippen molar-refractivity contribution in [1.82, 2.24) is 66.6 Å². The van der Waals surface area contributed by atoms with Crippen molar-refractivity contribution in [2.24, 2.45) is 11.5 Å². The molecule has 0 spiro atoms. The third-order valence-electron chi connectivity index (χ3n) is 17.2. The number of hydrogen-bond donors (Lipinski definition) is 27. The molecule has 2 saturated heterocycles. The maximum atomic E-state index is 12.5. The van der Waals surface area contributed by atoms with Gasteiger partial charge in [-0.25, -0.2) is 42.4 Å². The molecule has 138 heavy (non-hydrogen) atoms. The van der Waals surface area contributed by atoms with Crippen LogP contribution in [0.5, 0.6) is 0 Å². The molecular formula is C66H107N17O45P6S4. The number of carbonyl (C=O) groups excluding carboxylic acids is 8. The number of amides is 8. The molecule has 0 aromatic carbocycles. The van der Waals surface area contributed by atoms with Gasteiger partial charge in [0.15, 0.2) is 9.03 Å². The second-order valence-electron chi connectivity index (χ2n) is 27.7. The molecule has 2 fully saturated rings. The van der Waals surface area contributed by atoms with E-state index < -0.39 is 232 Å². The number of hydrogen-bond acceptors (Lipinski definition) is 42. The van der Waals surface area contributed by atoms with Crippen molar-refractivity contribution < 1.29 is 214 Å². The number of nitrogen functional groups attached to an aromatic ring is 2. The maximum absolute atomic E-state index is 12.5. The molecule has 72 heteroatoms. The number of aliphatic hydroxyl groups is 2. The Morgan fingerprint density at radius 2 is 0.971 bits per heavy atom. The fourth-order valence-corrected chi connectivity index (χ4v) is 19.9. The monoisotopic (exact) mass is 2170 g/mol. The van der Waals surface area contributed by atoms with Crippen LogP contribution in [0.2, 0.25) is 0 Å². The van der Waals surface area contributed by atoms with E-state index in [-0.39, 0.29) is 146 Å². The number of nitrogens with zero attached hydrogens (tertiary/aromatic N) is 5. The molecule has 39 N–H and O–H groups in total. The molecule has 8 amide bonds. The Labute approximate surface area is 800 Å². The van der Waals surface area contributed by atoms with Crippen LogP contribution in [0.25, 0.3) is 11.0 Å². The van der Waals surface area contributed by atoms with Crippen molar-refractivity contribution >= 4 is 199 Å². The highest BCUT2D eigenvalue weighted by Gasteiger charge is 2.44. The normalized spacial score (nSPS) is 17.7. The molecule has 2 aliphatic heterocycles. The minimum atomic E-state index is -5.77. The summed E-state index contributed by atoms with van der Waals surface area (Å²) < 4.78 is 74.8. The number of phosphoric acid groups is 3. The molecule has 16 atom stereocenters. The third-order valence-corrected chi connectivity index (χ3v) is 28.2. The van der Waals surface area contributed by atoms with Crippen LogP contribution >= 0.6 is 92.9 Å². The van der Waals surface area contributed by atoms with Gasteiger partial charge in [0.1, 0.15) is 72.4 Å². The predicted molar refractivity (Wildman–Crippen MR) is 485 cm³/mol. The smallest absolute Gasteiger partial charge is 0.481 e. The number of carboxylic acid groups (broad SMARTS) is 6. The number of aliphatic carboxylic acids is 6. The third kappa shape index (κ3) is 51.6. The highest BCUT2D eigenvalue weighted by Crippen LogP contribution is 2.66. The van der Waals surface area contributed by atoms with Crippen molar-refractivity contribution in [1.29, 1.82) is 0 Å². The Balaban J connectivity index is 0.00000265. The standard InChI is InChI=1S/C34H50N9O22P3S2.C32H49N8O19P3S2.4H2O/c35-19(32(51)38-8-3-1-2-6-25(46)41-20(11-27(47)48)33(52)42-21(34(53)54)12-28(49)50)16-70-69-10-7-24(45)37-9-4-5-18-14-43(31-29(18)30(36)39-17-40-31)26-13-22(44)23(63-26)15-62-67(58,59)65-68(60,61)64-66(55,56)57;33-18(29(48)36-8-3-1-2-6-24(43)37-19(11-26(44)45)30(49)38-20(31(50)51)12-27(46)47)16-64-63-10-7-23(42)35-9-4-5-17-14-40(32(52)39-28(17)34)25-13-21(41)22(57-25)15-56-60-58-62(55)59-61(53)54;;;;/h14,17,19-23,26,44H,1-3,6-13,15-16,35H2,(H,37,45)(H,38,51)(H,41,46)(H,42,52)(H,47,48)(H,49,50)(H,53,54)(H,58,59)(H,60,61)(H2,36,39,40)(H2,55,56,57);14,18-22,25,41,53-55,60H,1-3,6-13,15-16,33H2,(H,35,42)(H,36,48)(H,37,43)(H,38,49)(H,44,45)(H,46,47)(H,50,51)(H2,34,39,52);4*1H2/t19?,20?,21?,22?,23-,26-;18?,19?,20?,21?,22-,25-,62?;;;;/m11..../s1. The lowest BCUT2D eigenvalue weighted by Gasteiger charge is -2.19. The van der Waals surface area contributed by atoms with Gasteiger partial charge in [0.05, 0.1) is 92.8 Å². The number of nitrogens with two attached hydrogens (primary N) is 4. The van der Waals surface area contributed by atoms with E-state index in [1.165, 1.54) is 60.1 Å². The summed E-state index contributed by atoms with van der Waals surface area (Å²) in [5.41, 5.74) is 23.8. The van der Waals surface area contributed by atoms with Gasteiger partial charge in [-0.2, -0.15) is 13.6 Å². The summed E-state index contributed by atoms with van der Waals surface area (Å²) in [6.45, 7) is -0.784. The van der Waals surface area contributed by atoms with Crippen LogP contribution < -0.4 is 71.2 Å². The minimum Gasteiger partial charge on any atom is -0.481 e. The fraction of sp³-hybridized carbons (Fsp3) is 0.576. The Morgan fingerprint density at radius 3 is 1.41 bits per heavy atom. The van der Waals surface area contributed by atoms with E-state index in [1.54, 1.807) is 0 Å². The van der Waals surface area contributed by atoms with Gasteiger partial charge in [-0.3, -0.25) is 70.9 Å². The van der Waals surface area contributed by atoms with Gasteiger partial charge < -0.3 is 181 Å². The number of carbonyl (C=O) groups is 14. The summed E-state index contributed by atoms with van der Waals surface area (Å²) >= 11 is 0. The lowest BCUT2D eigenvalue weighted by atomic mass is 10.1. The molecule has 5 rings (SSSR count). The Bertz CT molecular complexity index is 4910. The SMILES string of the molecule is Nc1nc(=O)n([C@H]2CC(O)[C@@H](COPOP(O)OP(O)O)O2)cc1C#CCNC(=O)CCSSCC(N)C(=O)NCCCCCC(=O)NC(CC(=O)O)C(=O)NC(CC(=O)O)C(=O)O.Nc1ncnc2c1c(C#CCNC(=O)CCSSCC(N)C(=O)NCCCCCC(=O)NC(CC(=O)O)C(=O)NC(CC(=O)O)C(=O)O)cn2[C@H]1CC(O)[C@@H](COP(=O)(O)OP(=O)(O)OP(=O)(O)O)O1.O.O.O.O. The van der Waals surface area contributed by atoms with Gasteiger partial charge in [0.25, 0.3) is 0 Å². The summed E-state index contributed by atoms with van der Waals surface area (Å²) in [5, 5.41) is 94.2. The summed E-state index contributed by atoms with van der Waals surface area (Å²) in [7, 11) is -17.9. The van der Waals surface area contributed by atoms with Gasteiger partial charge in [0, 0.05) is 87.0 Å². The molecule has 5 heterocycles. The topological polar surface area (TPSA) is 1060 Å². The first-order valence-corrected chi connectivity index (χ1v) is 51.5. The van der Waals surface area contributed by atoms with E-state index in [4.69, 9.17) is 91.5 Å². The van der Waals surface area contributed by atoms with Gasteiger partial charge in [-0.15, -0.1) is 0 Å². The number of carboxylic acids is 6. The molecule has 12 unspecified atom stereocenters. The van der Waals surface area contributed by atoms with Gasteiger partial charge in [-0.05, 0) is 25.7 Å². The van der Waals surface area contributed by atoms with Crippen molar-refractivity contribution in [3.05, 3.63) is 40.3 Å².